The summed E-state index contributed by atoms with van der Waals surface area (Å²) in [7, 11) is 0. The van der Waals surface area contributed by atoms with Crippen molar-refractivity contribution in [2.45, 2.75) is 37.4 Å². The van der Waals surface area contributed by atoms with Crippen LogP contribution in [-0.4, -0.2) is 13.2 Å². The van der Waals surface area contributed by atoms with Gasteiger partial charge in [-0.2, -0.15) is 0 Å². The minimum absolute atomic E-state index is 0.433. The van der Waals surface area contributed by atoms with E-state index in [-0.39, 0.29) is 0 Å². The molecule has 1 heterocycles. The number of hydrogen-bond acceptors (Lipinski definition) is 2. The first-order chi connectivity index (χ1) is 9.25. The fraction of sp³-hybridized carbons (Fsp3) is 0.625. The number of rotatable bonds is 2. The van der Waals surface area contributed by atoms with Crippen molar-refractivity contribution in [2.24, 2.45) is 11.8 Å². The van der Waals surface area contributed by atoms with Crippen molar-refractivity contribution >= 4 is 15.9 Å². The highest BCUT2D eigenvalue weighted by molar-refractivity contribution is 9.09. The van der Waals surface area contributed by atoms with E-state index in [0.29, 0.717) is 4.83 Å². The summed E-state index contributed by atoms with van der Waals surface area (Å²) in [5.41, 5.74) is 1.32. The predicted molar refractivity (Wildman–Crippen MR) is 80.2 cm³/mol. The number of benzene rings is 1. The molecule has 3 atom stereocenters. The Hall–Kier alpha value is -0.700. The Morgan fingerprint density at radius 3 is 2.63 bits per heavy atom. The van der Waals surface area contributed by atoms with E-state index in [4.69, 9.17) is 9.47 Å². The number of ether oxygens (including phenoxy) is 2. The van der Waals surface area contributed by atoms with Gasteiger partial charge in [0.1, 0.15) is 0 Å². The highest BCUT2D eigenvalue weighted by Crippen LogP contribution is 2.46. The number of hydrogen-bond donors (Lipinski definition) is 0. The Balaban J connectivity index is 1.82. The average Bonchev–Trinajstić information content (AvgIpc) is 2.72. The standard InChI is InChI=1S/C16H21BrO2/c1-11-4-2-5-13(11)16(17)12-6-7-14-15(10-12)19-9-3-8-18-14/h6-7,10-11,13,16H,2-5,8-9H2,1H3. The van der Waals surface area contributed by atoms with E-state index in [0.717, 1.165) is 43.0 Å². The topological polar surface area (TPSA) is 18.5 Å². The molecule has 3 heteroatoms. The fourth-order valence-electron chi connectivity index (χ4n) is 3.21. The molecule has 3 unspecified atom stereocenters. The van der Waals surface area contributed by atoms with Crippen LogP contribution in [0.25, 0.3) is 0 Å². The van der Waals surface area contributed by atoms with Crippen LogP contribution in [0.15, 0.2) is 18.2 Å². The Labute approximate surface area is 123 Å². The molecule has 104 valence electrons. The second-order valence-electron chi connectivity index (χ2n) is 5.73. The lowest BCUT2D eigenvalue weighted by Gasteiger charge is -2.23. The zero-order chi connectivity index (χ0) is 13.2. The van der Waals surface area contributed by atoms with Crippen LogP contribution in [0.1, 0.15) is 43.0 Å². The third-order valence-corrected chi connectivity index (χ3v) is 5.60. The van der Waals surface area contributed by atoms with Gasteiger partial charge in [0, 0.05) is 11.2 Å². The van der Waals surface area contributed by atoms with Gasteiger partial charge in [-0.25, -0.2) is 0 Å². The lowest BCUT2D eigenvalue weighted by molar-refractivity contribution is 0.297. The van der Waals surface area contributed by atoms with E-state index in [1.54, 1.807) is 0 Å². The Morgan fingerprint density at radius 2 is 1.89 bits per heavy atom. The molecule has 3 rings (SSSR count). The highest BCUT2D eigenvalue weighted by atomic mass is 79.9. The van der Waals surface area contributed by atoms with E-state index in [9.17, 15) is 0 Å². The molecule has 0 bridgehead atoms. The zero-order valence-electron chi connectivity index (χ0n) is 11.4. The van der Waals surface area contributed by atoms with Gasteiger partial charge in [-0.05, 0) is 36.0 Å². The van der Waals surface area contributed by atoms with Crippen LogP contribution in [0.2, 0.25) is 0 Å². The second-order valence-corrected chi connectivity index (χ2v) is 6.72. The van der Waals surface area contributed by atoms with Crippen molar-refractivity contribution in [3.05, 3.63) is 23.8 Å². The minimum atomic E-state index is 0.433. The lowest BCUT2D eigenvalue weighted by atomic mass is 9.91. The number of fused-ring (bicyclic) bond motifs is 1. The molecule has 0 amide bonds. The molecule has 2 nitrogen and oxygen atoms in total. The Morgan fingerprint density at radius 1 is 1.11 bits per heavy atom. The lowest BCUT2D eigenvalue weighted by Crippen LogP contribution is -2.10. The monoisotopic (exact) mass is 324 g/mol. The van der Waals surface area contributed by atoms with Crippen LogP contribution in [0.5, 0.6) is 11.5 Å². The first kappa shape index (κ1) is 13.3. The zero-order valence-corrected chi connectivity index (χ0v) is 13.0. The van der Waals surface area contributed by atoms with E-state index >= 15 is 0 Å². The summed E-state index contributed by atoms with van der Waals surface area (Å²) in [6.07, 6.45) is 5.00. The fourth-order valence-corrected chi connectivity index (χ4v) is 4.28. The van der Waals surface area contributed by atoms with Crippen LogP contribution in [0.4, 0.5) is 0 Å². The van der Waals surface area contributed by atoms with Crippen LogP contribution >= 0.6 is 15.9 Å². The summed E-state index contributed by atoms with van der Waals surface area (Å²) in [4.78, 5) is 0.433. The third-order valence-electron chi connectivity index (χ3n) is 4.39. The maximum atomic E-state index is 5.78. The van der Waals surface area contributed by atoms with Gasteiger partial charge in [-0.3, -0.25) is 0 Å². The summed E-state index contributed by atoms with van der Waals surface area (Å²) in [6.45, 7) is 3.88. The van der Waals surface area contributed by atoms with Gasteiger partial charge in [0.15, 0.2) is 11.5 Å². The number of alkyl halides is 1. The van der Waals surface area contributed by atoms with Gasteiger partial charge in [-0.1, -0.05) is 41.8 Å². The molecular weight excluding hydrogens is 304 g/mol. The SMILES string of the molecule is CC1CCCC1C(Br)c1ccc2c(c1)OCCCO2. The predicted octanol–water partition coefficient (Wildman–Crippen LogP) is 4.72. The highest BCUT2D eigenvalue weighted by Gasteiger charge is 2.30. The van der Waals surface area contributed by atoms with Crippen LogP contribution in [0, 0.1) is 11.8 Å². The van der Waals surface area contributed by atoms with Crippen molar-refractivity contribution in [1.29, 1.82) is 0 Å². The van der Waals surface area contributed by atoms with E-state index in [1.165, 1.54) is 24.8 Å². The molecule has 0 radical (unpaired) electrons. The van der Waals surface area contributed by atoms with Crippen LogP contribution < -0.4 is 9.47 Å². The summed E-state index contributed by atoms with van der Waals surface area (Å²) in [5.74, 6) is 3.34. The summed E-state index contributed by atoms with van der Waals surface area (Å²) in [6, 6.07) is 6.40. The normalized spacial score (nSPS) is 27.9. The van der Waals surface area contributed by atoms with Gasteiger partial charge >= 0.3 is 0 Å². The van der Waals surface area contributed by atoms with E-state index in [2.05, 4.69) is 41.1 Å². The van der Waals surface area contributed by atoms with Crippen LogP contribution in [-0.2, 0) is 0 Å². The first-order valence-electron chi connectivity index (χ1n) is 7.29. The van der Waals surface area contributed by atoms with Crippen LogP contribution in [0.3, 0.4) is 0 Å². The summed E-state index contributed by atoms with van der Waals surface area (Å²) in [5, 5.41) is 0. The van der Waals surface area contributed by atoms with E-state index in [1.807, 2.05) is 0 Å². The second kappa shape index (κ2) is 5.74. The molecular formula is C16H21BrO2. The Bertz CT molecular complexity index is 446. The first-order valence-corrected chi connectivity index (χ1v) is 8.21. The van der Waals surface area contributed by atoms with Crippen molar-refractivity contribution in [1.82, 2.24) is 0 Å². The quantitative estimate of drug-likeness (QED) is 0.733. The molecule has 0 saturated heterocycles. The van der Waals surface area contributed by atoms with Gasteiger partial charge in [0.05, 0.1) is 13.2 Å². The van der Waals surface area contributed by atoms with Crippen molar-refractivity contribution in [3.8, 4) is 11.5 Å². The Kier molecular flexibility index (Phi) is 4.01. The summed E-state index contributed by atoms with van der Waals surface area (Å²) < 4.78 is 11.5. The molecule has 19 heavy (non-hydrogen) atoms. The number of halogens is 1. The van der Waals surface area contributed by atoms with Gasteiger partial charge in [0.2, 0.25) is 0 Å². The van der Waals surface area contributed by atoms with Gasteiger partial charge in [-0.15, -0.1) is 0 Å². The molecule has 1 aliphatic carbocycles. The summed E-state index contributed by atoms with van der Waals surface area (Å²) >= 11 is 3.90. The molecule has 0 spiro atoms. The van der Waals surface area contributed by atoms with Gasteiger partial charge < -0.3 is 9.47 Å². The molecule has 2 aliphatic rings. The molecule has 1 aromatic carbocycles. The smallest absolute Gasteiger partial charge is 0.161 e. The van der Waals surface area contributed by atoms with Crippen molar-refractivity contribution < 1.29 is 9.47 Å². The molecule has 1 saturated carbocycles. The third kappa shape index (κ3) is 2.76. The molecule has 0 N–H and O–H groups in total. The molecule has 1 fully saturated rings. The van der Waals surface area contributed by atoms with Crippen molar-refractivity contribution in [3.63, 3.8) is 0 Å². The van der Waals surface area contributed by atoms with Crippen molar-refractivity contribution in [2.75, 3.05) is 13.2 Å². The molecule has 1 aliphatic heterocycles. The minimum Gasteiger partial charge on any atom is -0.490 e. The van der Waals surface area contributed by atoms with E-state index < -0.39 is 0 Å². The molecule has 0 aromatic heterocycles. The maximum absolute atomic E-state index is 5.78. The maximum Gasteiger partial charge on any atom is 0.161 e. The molecule has 1 aromatic rings. The largest absolute Gasteiger partial charge is 0.490 e. The average molecular weight is 325 g/mol. The van der Waals surface area contributed by atoms with Gasteiger partial charge in [0.25, 0.3) is 0 Å².